The Labute approximate surface area is 125 Å². The molecule has 0 saturated heterocycles. The first kappa shape index (κ1) is 14.8. The number of para-hydroxylation sites is 1. The number of aromatic nitrogens is 2. The van der Waals surface area contributed by atoms with Crippen molar-refractivity contribution in [3.8, 4) is 0 Å². The maximum Gasteiger partial charge on any atom is 0.138 e. The maximum absolute atomic E-state index is 6.21. The summed E-state index contributed by atoms with van der Waals surface area (Å²) in [5.74, 6) is 1.79. The Kier molecular flexibility index (Phi) is 4.61. The molecule has 0 amide bonds. The van der Waals surface area contributed by atoms with E-state index < -0.39 is 0 Å². The van der Waals surface area contributed by atoms with Gasteiger partial charge in [0.15, 0.2) is 0 Å². The normalized spacial score (nSPS) is 10.9. The highest BCUT2D eigenvalue weighted by atomic mass is 35.5. The van der Waals surface area contributed by atoms with Gasteiger partial charge in [-0.2, -0.15) is 0 Å². The molecule has 3 nitrogen and oxygen atoms in total. The predicted octanol–water partition coefficient (Wildman–Crippen LogP) is 4.87. The number of hydrogen-bond acceptors (Lipinski definition) is 3. The first-order valence-corrected chi connectivity index (χ1v) is 7.29. The maximum atomic E-state index is 6.21. The third kappa shape index (κ3) is 3.10. The summed E-state index contributed by atoms with van der Waals surface area (Å²) >= 11 is 6.21. The number of hydrogen-bond donors (Lipinski definition) is 1. The number of benzene rings is 1. The zero-order valence-electron chi connectivity index (χ0n) is 12.4. The van der Waals surface area contributed by atoms with Crippen LogP contribution in [-0.4, -0.2) is 9.97 Å². The Hall–Kier alpha value is -1.61. The van der Waals surface area contributed by atoms with Crippen molar-refractivity contribution in [3.05, 3.63) is 46.4 Å². The van der Waals surface area contributed by atoms with Crippen molar-refractivity contribution in [1.29, 1.82) is 0 Å². The van der Waals surface area contributed by atoms with Crippen molar-refractivity contribution in [2.75, 3.05) is 5.32 Å². The van der Waals surface area contributed by atoms with Crippen molar-refractivity contribution in [1.82, 2.24) is 9.97 Å². The largest absolute Gasteiger partial charge is 0.340 e. The van der Waals surface area contributed by atoms with E-state index in [2.05, 4.69) is 48.2 Å². The van der Waals surface area contributed by atoms with Crippen LogP contribution in [0.3, 0.4) is 0 Å². The minimum atomic E-state index is 0.245. The van der Waals surface area contributed by atoms with Gasteiger partial charge in [-0.25, -0.2) is 9.97 Å². The molecule has 0 fully saturated rings. The topological polar surface area (TPSA) is 37.8 Å². The average Bonchev–Trinajstić information content (AvgIpc) is 2.44. The minimum absolute atomic E-state index is 0.245. The lowest BCUT2D eigenvalue weighted by molar-refractivity contribution is 0.773. The molecule has 0 spiro atoms. The molecule has 2 aromatic rings. The Morgan fingerprint density at radius 1 is 1.20 bits per heavy atom. The molecule has 1 aromatic carbocycles. The van der Waals surface area contributed by atoms with Crippen LogP contribution in [0.4, 0.5) is 11.5 Å². The summed E-state index contributed by atoms with van der Waals surface area (Å²) in [6.45, 7) is 8.19. The molecule has 2 rings (SSSR count). The standard InChI is InChI=1S/C16H20ClN3/c1-5-12-8-6-7-9-13(12)18-16-11(4)14(17)19-15(20-16)10(2)3/h6-10H,5H2,1-4H3,(H,18,19,20). The zero-order valence-corrected chi connectivity index (χ0v) is 13.1. The Morgan fingerprint density at radius 3 is 2.55 bits per heavy atom. The van der Waals surface area contributed by atoms with Gasteiger partial charge in [0.05, 0.1) is 0 Å². The van der Waals surface area contributed by atoms with Gasteiger partial charge in [-0.15, -0.1) is 0 Å². The van der Waals surface area contributed by atoms with E-state index in [4.69, 9.17) is 11.6 Å². The number of aryl methyl sites for hydroxylation is 1. The van der Waals surface area contributed by atoms with E-state index in [-0.39, 0.29) is 5.92 Å². The van der Waals surface area contributed by atoms with Gasteiger partial charge in [0.25, 0.3) is 0 Å². The second-order valence-corrected chi connectivity index (χ2v) is 5.49. The fourth-order valence-electron chi connectivity index (χ4n) is 1.96. The average molecular weight is 290 g/mol. The van der Waals surface area contributed by atoms with E-state index in [1.165, 1.54) is 5.56 Å². The van der Waals surface area contributed by atoms with Crippen LogP contribution in [0.1, 0.15) is 43.6 Å². The molecule has 20 heavy (non-hydrogen) atoms. The highest BCUT2D eigenvalue weighted by Gasteiger charge is 2.12. The summed E-state index contributed by atoms with van der Waals surface area (Å²) < 4.78 is 0. The second kappa shape index (κ2) is 6.23. The van der Waals surface area contributed by atoms with Crippen LogP contribution >= 0.6 is 11.6 Å². The fraction of sp³-hybridized carbons (Fsp3) is 0.375. The lowest BCUT2D eigenvalue weighted by atomic mass is 10.1. The molecule has 0 aliphatic rings. The quantitative estimate of drug-likeness (QED) is 0.816. The highest BCUT2D eigenvalue weighted by molar-refractivity contribution is 6.30. The molecular formula is C16H20ClN3. The number of nitrogens with one attached hydrogen (secondary N) is 1. The van der Waals surface area contributed by atoms with E-state index in [1.54, 1.807) is 0 Å². The molecule has 4 heteroatoms. The molecule has 0 bridgehead atoms. The van der Waals surface area contributed by atoms with Crippen LogP contribution in [0.5, 0.6) is 0 Å². The predicted molar refractivity (Wildman–Crippen MR) is 85.0 cm³/mol. The molecule has 1 heterocycles. The first-order valence-electron chi connectivity index (χ1n) is 6.91. The Balaban J connectivity index is 2.42. The molecule has 0 unspecified atom stereocenters. The van der Waals surface area contributed by atoms with Crippen molar-refractivity contribution in [2.24, 2.45) is 0 Å². The van der Waals surface area contributed by atoms with Crippen molar-refractivity contribution < 1.29 is 0 Å². The highest BCUT2D eigenvalue weighted by Crippen LogP contribution is 2.27. The molecule has 0 radical (unpaired) electrons. The van der Waals surface area contributed by atoms with Crippen LogP contribution in [-0.2, 0) is 6.42 Å². The zero-order chi connectivity index (χ0) is 14.7. The van der Waals surface area contributed by atoms with E-state index in [1.807, 2.05) is 19.1 Å². The third-order valence-corrected chi connectivity index (χ3v) is 3.64. The molecule has 1 N–H and O–H groups in total. The molecule has 0 aliphatic heterocycles. The van der Waals surface area contributed by atoms with Gasteiger partial charge in [0.2, 0.25) is 0 Å². The summed E-state index contributed by atoms with van der Waals surface area (Å²) in [6, 6.07) is 8.24. The first-order chi connectivity index (χ1) is 9.52. The van der Waals surface area contributed by atoms with Gasteiger partial charge in [-0.05, 0) is 25.0 Å². The minimum Gasteiger partial charge on any atom is -0.340 e. The molecule has 0 aliphatic carbocycles. The summed E-state index contributed by atoms with van der Waals surface area (Å²) in [4.78, 5) is 8.93. The van der Waals surface area contributed by atoms with Crippen LogP contribution < -0.4 is 5.32 Å². The summed E-state index contributed by atoms with van der Waals surface area (Å²) in [5, 5.41) is 3.91. The summed E-state index contributed by atoms with van der Waals surface area (Å²) in [6.07, 6.45) is 0.970. The van der Waals surface area contributed by atoms with E-state index >= 15 is 0 Å². The number of anilines is 2. The molecular weight excluding hydrogens is 270 g/mol. The van der Waals surface area contributed by atoms with Crippen LogP contribution in [0.15, 0.2) is 24.3 Å². The lowest BCUT2D eigenvalue weighted by Crippen LogP contribution is -2.06. The second-order valence-electron chi connectivity index (χ2n) is 5.14. The lowest BCUT2D eigenvalue weighted by Gasteiger charge is -2.15. The number of rotatable bonds is 4. The molecule has 106 valence electrons. The van der Waals surface area contributed by atoms with Gasteiger partial charge in [-0.3, -0.25) is 0 Å². The Bertz CT molecular complexity index is 609. The van der Waals surface area contributed by atoms with E-state index in [0.717, 1.165) is 29.3 Å². The van der Waals surface area contributed by atoms with Gasteiger partial charge < -0.3 is 5.32 Å². The number of nitrogens with zero attached hydrogens (tertiary/aromatic N) is 2. The van der Waals surface area contributed by atoms with Crippen LogP contribution in [0.25, 0.3) is 0 Å². The summed E-state index contributed by atoms with van der Waals surface area (Å²) in [7, 11) is 0. The van der Waals surface area contributed by atoms with Crippen molar-refractivity contribution in [2.45, 2.75) is 40.0 Å². The van der Waals surface area contributed by atoms with Gasteiger partial charge in [0.1, 0.15) is 16.8 Å². The summed E-state index contributed by atoms with van der Waals surface area (Å²) in [5.41, 5.74) is 3.21. The smallest absolute Gasteiger partial charge is 0.138 e. The monoisotopic (exact) mass is 289 g/mol. The SMILES string of the molecule is CCc1ccccc1Nc1nc(C(C)C)nc(Cl)c1C. The van der Waals surface area contributed by atoms with Gasteiger partial charge >= 0.3 is 0 Å². The number of halogens is 1. The van der Waals surface area contributed by atoms with E-state index in [9.17, 15) is 0 Å². The third-order valence-electron chi connectivity index (χ3n) is 3.27. The fourth-order valence-corrected chi connectivity index (χ4v) is 2.14. The van der Waals surface area contributed by atoms with Crippen LogP contribution in [0, 0.1) is 6.92 Å². The van der Waals surface area contributed by atoms with Gasteiger partial charge in [0, 0.05) is 17.2 Å². The van der Waals surface area contributed by atoms with Crippen molar-refractivity contribution >= 4 is 23.1 Å². The van der Waals surface area contributed by atoms with E-state index in [0.29, 0.717) is 5.15 Å². The molecule has 0 saturated carbocycles. The van der Waals surface area contributed by atoms with Crippen LogP contribution in [0.2, 0.25) is 5.15 Å². The Morgan fingerprint density at radius 2 is 1.90 bits per heavy atom. The van der Waals surface area contributed by atoms with Gasteiger partial charge in [-0.1, -0.05) is 50.6 Å². The molecule has 1 aromatic heterocycles. The molecule has 0 atom stereocenters. The van der Waals surface area contributed by atoms with Crippen molar-refractivity contribution in [3.63, 3.8) is 0 Å².